The molecule has 2 nitrogen and oxygen atoms in total. The lowest BCUT2D eigenvalue weighted by molar-refractivity contribution is 0.667. The summed E-state index contributed by atoms with van der Waals surface area (Å²) in [6.07, 6.45) is 0. The van der Waals surface area contributed by atoms with E-state index >= 15 is 0 Å². The van der Waals surface area contributed by atoms with Gasteiger partial charge in [0.25, 0.3) is 0 Å². The van der Waals surface area contributed by atoms with Crippen LogP contribution in [0.2, 0.25) is 0 Å². The predicted octanol–water partition coefficient (Wildman–Crippen LogP) is 15.1. The first kappa shape index (κ1) is 29.4. The molecule has 54 heavy (non-hydrogen) atoms. The maximum absolute atomic E-state index is 6.60. The summed E-state index contributed by atoms with van der Waals surface area (Å²) < 4.78 is 12.9. The predicted molar refractivity (Wildman–Crippen MR) is 227 cm³/mol. The van der Waals surface area contributed by atoms with E-state index in [9.17, 15) is 0 Å². The molecule has 0 spiro atoms. The van der Waals surface area contributed by atoms with Crippen LogP contribution in [0, 0.1) is 0 Å². The Hall–Kier alpha value is -7.16. The molecule has 0 radical (unpaired) electrons. The fourth-order valence-electron chi connectivity index (χ4n) is 8.98. The lowest BCUT2D eigenvalue weighted by Gasteiger charge is -2.19. The molecular weight excluding hydrogens is 657 g/mol. The Morgan fingerprint density at radius 3 is 1.69 bits per heavy atom. The molecule has 0 aliphatic heterocycles. The lowest BCUT2D eigenvalue weighted by atomic mass is 9.84. The molecule has 12 rings (SSSR count). The van der Waals surface area contributed by atoms with Gasteiger partial charge >= 0.3 is 0 Å². The maximum Gasteiger partial charge on any atom is 0.143 e. The highest BCUT2D eigenvalue weighted by Crippen LogP contribution is 2.46. The van der Waals surface area contributed by atoms with Crippen molar-refractivity contribution < 1.29 is 8.83 Å². The van der Waals surface area contributed by atoms with Crippen molar-refractivity contribution in [2.24, 2.45) is 0 Å². The normalized spacial score (nSPS) is 12.1. The molecule has 12 aromatic rings. The molecule has 250 valence electrons. The summed E-state index contributed by atoms with van der Waals surface area (Å²) in [5.74, 6) is 0. The molecule has 0 aliphatic rings. The summed E-state index contributed by atoms with van der Waals surface area (Å²) >= 11 is 0. The van der Waals surface area contributed by atoms with Crippen LogP contribution in [-0.4, -0.2) is 0 Å². The largest absolute Gasteiger partial charge is 0.456 e. The van der Waals surface area contributed by atoms with Crippen LogP contribution in [0.25, 0.3) is 120 Å². The molecule has 2 aromatic heterocycles. The van der Waals surface area contributed by atoms with Gasteiger partial charge in [-0.15, -0.1) is 0 Å². The summed E-state index contributed by atoms with van der Waals surface area (Å²) in [6, 6.07) is 65.8. The number of fused-ring (bicyclic) bond motifs is 11. The van der Waals surface area contributed by atoms with Gasteiger partial charge in [-0.3, -0.25) is 0 Å². The van der Waals surface area contributed by atoms with E-state index in [0.29, 0.717) is 0 Å². The highest BCUT2D eigenvalue weighted by atomic mass is 16.3. The fraction of sp³-hybridized carbons (Fsp3) is 0. The number of benzene rings is 10. The second-order valence-electron chi connectivity index (χ2n) is 14.4. The third-order valence-electron chi connectivity index (χ3n) is 11.4. The van der Waals surface area contributed by atoms with Crippen LogP contribution in [0.4, 0.5) is 0 Å². The molecular formula is C52H30O2. The molecule has 10 aromatic carbocycles. The van der Waals surface area contributed by atoms with Crippen LogP contribution in [-0.2, 0) is 0 Å². The second-order valence-corrected chi connectivity index (χ2v) is 14.4. The first-order valence-corrected chi connectivity index (χ1v) is 18.5. The Labute approximate surface area is 310 Å². The Morgan fingerprint density at radius 2 is 0.870 bits per heavy atom. The van der Waals surface area contributed by atoms with Gasteiger partial charge in [0.05, 0.1) is 0 Å². The minimum Gasteiger partial charge on any atom is -0.456 e. The number of para-hydroxylation sites is 1. The van der Waals surface area contributed by atoms with E-state index < -0.39 is 0 Å². The van der Waals surface area contributed by atoms with Gasteiger partial charge in [0.1, 0.15) is 22.3 Å². The van der Waals surface area contributed by atoms with Crippen LogP contribution >= 0.6 is 0 Å². The summed E-state index contributed by atoms with van der Waals surface area (Å²) in [6.45, 7) is 0. The topological polar surface area (TPSA) is 26.3 Å². The van der Waals surface area contributed by atoms with Crippen molar-refractivity contribution in [3.63, 3.8) is 0 Å². The van der Waals surface area contributed by atoms with Gasteiger partial charge < -0.3 is 8.83 Å². The quantitative estimate of drug-likeness (QED) is 0.173. The molecule has 2 heterocycles. The molecule has 0 amide bonds. The Bertz CT molecular complexity index is 3440. The molecule has 2 heteroatoms. The van der Waals surface area contributed by atoms with Crippen LogP contribution in [0.15, 0.2) is 191 Å². The van der Waals surface area contributed by atoms with Gasteiger partial charge in [0.2, 0.25) is 0 Å². The van der Waals surface area contributed by atoms with Crippen molar-refractivity contribution in [2.75, 3.05) is 0 Å². The first-order chi connectivity index (χ1) is 26.8. The maximum atomic E-state index is 6.60. The van der Waals surface area contributed by atoms with Crippen LogP contribution in [0.5, 0.6) is 0 Å². The number of rotatable bonds is 3. The van der Waals surface area contributed by atoms with Gasteiger partial charge in [-0.25, -0.2) is 0 Å². The van der Waals surface area contributed by atoms with Crippen molar-refractivity contribution in [2.45, 2.75) is 0 Å². The van der Waals surface area contributed by atoms with Crippen molar-refractivity contribution >= 4 is 87.0 Å². The number of hydrogen-bond acceptors (Lipinski definition) is 2. The van der Waals surface area contributed by atoms with E-state index in [1.165, 1.54) is 60.1 Å². The molecule has 0 saturated heterocycles. The van der Waals surface area contributed by atoms with Crippen LogP contribution < -0.4 is 0 Å². The minimum absolute atomic E-state index is 0.874. The fourth-order valence-corrected chi connectivity index (χ4v) is 8.98. The molecule has 0 saturated carbocycles. The Balaban J connectivity index is 1.04. The monoisotopic (exact) mass is 686 g/mol. The zero-order valence-corrected chi connectivity index (χ0v) is 29.1. The SMILES string of the molecule is c1cc(-c2ccc3oc4c5cc6oc7ccccc7c6cc5ccc4c3c2)cc(-c2c3ccccc3c(-c3cccc4ccccc34)c3ccccc23)c1. The summed E-state index contributed by atoms with van der Waals surface area (Å²) in [4.78, 5) is 0. The zero-order valence-electron chi connectivity index (χ0n) is 29.1. The summed E-state index contributed by atoms with van der Waals surface area (Å²) in [5, 5.41) is 14.2. The third kappa shape index (κ3) is 4.22. The van der Waals surface area contributed by atoms with E-state index in [1.54, 1.807) is 0 Å². The average molecular weight is 687 g/mol. The van der Waals surface area contributed by atoms with Gasteiger partial charge in [0, 0.05) is 26.9 Å². The molecule has 0 atom stereocenters. The molecule has 0 bridgehead atoms. The van der Waals surface area contributed by atoms with Crippen molar-refractivity contribution in [3.05, 3.63) is 182 Å². The highest BCUT2D eigenvalue weighted by Gasteiger charge is 2.19. The minimum atomic E-state index is 0.874. The smallest absolute Gasteiger partial charge is 0.143 e. The van der Waals surface area contributed by atoms with Gasteiger partial charge in [0.15, 0.2) is 0 Å². The van der Waals surface area contributed by atoms with Gasteiger partial charge in [-0.1, -0.05) is 140 Å². The van der Waals surface area contributed by atoms with E-state index in [-0.39, 0.29) is 0 Å². The summed E-state index contributed by atoms with van der Waals surface area (Å²) in [7, 11) is 0. The molecule has 0 unspecified atom stereocenters. The number of furan rings is 2. The lowest BCUT2D eigenvalue weighted by Crippen LogP contribution is -1.92. The van der Waals surface area contributed by atoms with E-state index in [0.717, 1.165) is 60.2 Å². The van der Waals surface area contributed by atoms with Crippen molar-refractivity contribution in [3.8, 4) is 33.4 Å². The summed E-state index contributed by atoms with van der Waals surface area (Å²) in [5.41, 5.74) is 10.9. The van der Waals surface area contributed by atoms with Crippen molar-refractivity contribution in [1.29, 1.82) is 0 Å². The van der Waals surface area contributed by atoms with Crippen LogP contribution in [0.1, 0.15) is 0 Å². The van der Waals surface area contributed by atoms with E-state index in [2.05, 4.69) is 170 Å². The average Bonchev–Trinajstić information content (AvgIpc) is 3.79. The Kier molecular flexibility index (Phi) is 6.09. The molecule has 0 fully saturated rings. The van der Waals surface area contributed by atoms with Gasteiger partial charge in [-0.05, 0) is 114 Å². The third-order valence-corrected chi connectivity index (χ3v) is 11.4. The molecule has 0 N–H and O–H groups in total. The van der Waals surface area contributed by atoms with Crippen LogP contribution in [0.3, 0.4) is 0 Å². The second kappa shape index (κ2) is 11.2. The molecule has 0 aliphatic carbocycles. The van der Waals surface area contributed by atoms with E-state index in [4.69, 9.17) is 8.83 Å². The Morgan fingerprint density at radius 1 is 0.259 bits per heavy atom. The van der Waals surface area contributed by atoms with Gasteiger partial charge in [-0.2, -0.15) is 0 Å². The standard InChI is InChI=1S/C52H30O2/c1-2-15-36-31(11-1)12-10-21-38(36)51-41-19-5-3-17-39(41)50(40-18-4-6-20-42(40)51)35-14-9-13-32(27-35)33-24-26-48-46(28-33)43-25-23-34-29-45-37-16-7-8-22-47(37)53-49(45)30-44(34)52(43)54-48/h1-30H. The first-order valence-electron chi connectivity index (χ1n) is 18.5. The zero-order chi connectivity index (χ0) is 35.3. The van der Waals surface area contributed by atoms with Crippen molar-refractivity contribution in [1.82, 2.24) is 0 Å². The highest BCUT2D eigenvalue weighted by molar-refractivity contribution is 6.24. The van der Waals surface area contributed by atoms with E-state index in [1.807, 2.05) is 12.1 Å². The number of hydrogen-bond donors (Lipinski definition) is 0.